The van der Waals surface area contributed by atoms with Crippen LogP contribution in [-0.4, -0.2) is 23.5 Å². The molecule has 5 unspecified atom stereocenters. The Kier molecular flexibility index (Phi) is 5.24. The fourth-order valence-electron chi connectivity index (χ4n) is 6.48. The van der Waals surface area contributed by atoms with E-state index in [-0.39, 0.29) is 24.2 Å². The third kappa shape index (κ3) is 3.15. The maximum absolute atomic E-state index is 13.1. The van der Waals surface area contributed by atoms with Crippen LogP contribution in [0.15, 0.2) is 12.1 Å². The van der Waals surface area contributed by atoms with Gasteiger partial charge >= 0.3 is 5.97 Å². The van der Waals surface area contributed by atoms with Gasteiger partial charge in [-0.3, -0.25) is 9.59 Å². The monoisotopic (exact) mass is 384 g/mol. The fourth-order valence-corrected chi connectivity index (χ4v) is 6.48. The van der Waals surface area contributed by atoms with Crippen LogP contribution in [0.1, 0.15) is 69.1 Å². The van der Waals surface area contributed by atoms with Gasteiger partial charge in [0.15, 0.2) is 0 Å². The summed E-state index contributed by atoms with van der Waals surface area (Å²) in [5.41, 5.74) is 3.71. The lowest BCUT2D eigenvalue weighted by molar-refractivity contribution is -0.146. The number of aromatic hydroxyl groups is 1. The van der Waals surface area contributed by atoms with Gasteiger partial charge < -0.3 is 9.84 Å². The number of hydrogen-bond donors (Lipinski definition) is 1. The van der Waals surface area contributed by atoms with Crippen LogP contribution in [-0.2, 0) is 27.2 Å². The largest absolute Gasteiger partial charge is 0.508 e. The Balaban J connectivity index is 1.61. The Morgan fingerprint density at radius 1 is 1.21 bits per heavy atom. The number of ether oxygens (including phenoxy) is 1. The molecule has 2 fully saturated rings. The molecule has 0 spiro atoms. The summed E-state index contributed by atoms with van der Waals surface area (Å²) >= 11 is 0. The SMILES string of the molecule is CCOC(=O)CC1CC2C3CCc4cc(O)c(CC)cc4C3C[C@@H](C)C2C1=O. The summed E-state index contributed by atoms with van der Waals surface area (Å²) < 4.78 is 5.11. The molecule has 6 atom stereocenters. The maximum Gasteiger partial charge on any atom is 0.306 e. The van der Waals surface area contributed by atoms with Crippen LogP contribution >= 0.6 is 0 Å². The number of ketones is 1. The number of fused-ring (bicyclic) bond motifs is 5. The molecule has 1 aromatic carbocycles. The molecule has 3 aliphatic rings. The summed E-state index contributed by atoms with van der Waals surface area (Å²) in [7, 11) is 0. The number of carbonyl (C=O) groups excluding carboxylic acids is 2. The van der Waals surface area contributed by atoms with Gasteiger partial charge in [-0.1, -0.05) is 19.9 Å². The first-order valence-electron chi connectivity index (χ1n) is 11.0. The van der Waals surface area contributed by atoms with E-state index >= 15 is 0 Å². The average molecular weight is 385 g/mol. The van der Waals surface area contributed by atoms with Gasteiger partial charge in [0.25, 0.3) is 0 Å². The van der Waals surface area contributed by atoms with Crippen LogP contribution in [0.4, 0.5) is 0 Å². The summed E-state index contributed by atoms with van der Waals surface area (Å²) in [4.78, 5) is 25.1. The Hall–Kier alpha value is -1.84. The summed E-state index contributed by atoms with van der Waals surface area (Å²) in [5.74, 6) is 2.14. The number of aryl methyl sites for hydroxylation is 2. The summed E-state index contributed by atoms with van der Waals surface area (Å²) in [5, 5.41) is 10.3. The van der Waals surface area contributed by atoms with Gasteiger partial charge in [-0.25, -0.2) is 0 Å². The van der Waals surface area contributed by atoms with E-state index in [2.05, 4.69) is 19.9 Å². The highest BCUT2D eigenvalue weighted by Gasteiger charge is 2.54. The topological polar surface area (TPSA) is 63.6 Å². The van der Waals surface area contributed by atoms with E-state index < -0.39 is 0 Å². The maximum atomic E-state index is 13.1. The predicted molar refractivity (Wildman–Crippen MR) is 107 cm³/mol. The molecule has 0 bridgehead atoms. The lowest BCUT2D eigenvalue weighted by Crippen LogP contribution is -2.40. The van der Waals surface area contributed by atoms with E-state index in [1.807, 2.05) is 13.0 Å². The van der Waals surface area contributed by atoms with Crippen LogP contribution in [0.3, 0.4) is 0 Å². The molecule has 4 nitrogen and oxygen atoms in total. The molecule has 4 rings (SSSR count). The first kappa shape index (κ1) is 19.5. The summed E-state index contributed by atoms with van der Waals surface area (Å²) in [6, 6.07) is 4.20. The van der Waals surface area contributed by atoms with Crippen molar-refractivity contribution in [3.8, 4) is 5.75 Å². The third-order valence-corrected chi connectivity index (χ3v) is 7.64. The number of hydrogen-bond acceptors (Lipinski definition) is 4. The van der Waals surface area contributed by atoms with Crippen molar-refractivity contribution in [1.82, 2.24) is 0 Å². The minimum absolute atomic E-state index is 0.102. The molecule has 1 aromatic rings. The van der Waals surface area contributed by atoms with E-state index in [1.165, 1.54) is 11.1 Å². The van der Waals surface area contributed by atoms with Crippen molar-refractivity contribution < 1.29 is 19.4 Å². The van der Waals surface area contributed by atoms with Crippen molar-refractivity contribution in [2.45, 2.75) is 65.2 Å². The highest BCUT2D eigenvalue weighted by atomic mass is 16.5. The number of carbonyl (C=O) groups is 2. The van der Waals surface area contributed by atoms with E-state index in [0.29, 0.717) is 41.8 Å². The second-order valence-electron chi connectivity index (χ2n) is 9.09. The smallest absolute Gasteiger partial charge is 0.306 e. The van der Waals surface area contributed by atoms with Gasteiger partial charge in [-0.2, -0.15) is 0 Å². The Bertz CT molecular complexity index is 783. The van der Waals surface area contributed by atoms with Crippen molar-refractivity contribution in [3.05, 3.63) is 28.8 Å². The van der Waals surface area contributed by atoms with E-state index in [1.54, 1.807) is 0 Å². The van der Waals surface area contributed by atoms with E-state index in [0.717, 1.165) is 37.7 Å². The first-order chi connectivity index (χ1) is 13.4. The molecule has 4 heteroatoms. The molecule has 28 heavy (non-hydrogen) atoms. The molecule has 0 heterocycles. The van der Waals surface area contributed by atoms with Crippen LogP contribution in [0.25, 0.3) is 0 Å². The number of esters is 1. The second-order valence-corrected chi connectivity index (χ2v) is 9.09. The van der Waals surface area contributed by atoms with Crippen LogP contribution in [0.5, 0.6) is 5.75 Å². The fraction of sp³-hybridized carbons (Fsp3) is 0.667. The van der Waals surface area contributed by atoms with Crippen molar-refractivity contribution in [2.75, 3.05) is 6.61 Å². The number of phenols is 1. The van der Waals surface area contributed by atoms with Crippen molar-refractivity contribution >= 4 is 11.8 Å². The van der Waals surface area contributed by atoms with Crippen LogP contribution in [0, 0.1) is 29.6 Å². The minimum Gasteiger partial charge on any atom is -0.508 e. The molecule has 152 valence electrons. The Morgan fingerprint density at radius 3 is 2.71 bits per heavy atom. The van der Waals surface area contributed by atoms with E-state index in [4.69, 9.17) is 4.74 Å². The average Bonchev–Trinajstić information content (AvgIpc) is 2.98. The van der Waals surface area contributed by atoms with Crippen molar-refractivity contribution in [3.63, 3.8) is 0 Å². The predicted octanol–water partition coefficient (Wildman–Crippen LogP) is 4.42. The van der Waals surface area contributed by atoms with Crippen LogP contribution < -0.4 is 0 Å². The lowest BCUT2D eigenvalue weighted by Gasteiger charge is -2.46. The zero-order valence-corrected chi connectivity index (χ0v) is 17.2. The highest BCUT2D eigenvalue weighted by molar-refractivity contribution is 5.89. The van der Waals surface area contributed by atoms with Gasteiger partial charge in [-0.05, 0) is 85.5 Å². The zero-order valence-electron chi connectivity index (χ0n) is 17.2. The van der Waals surface area contributed by atoms with Gasteiger partial charge in [0.2, 0.25) is 0 Å². The molecular weight excluding hydrogens is 352 g/mol. The Morgan fingerprint density at radius 2 is 2.00 bits per heavy atom. The quantitative estimate of drug-likeness (QED) is 0.781. The number of benzene rings is 1. The molecule has 0 saturated heterocycles. The molecule has 0 radical (unpaired) electrons. The molecule has 0 amide bonds. The van der Waals surface area contributed by atoms with Crippen molar-refractivity contribution in [2.24, 2.45) is 29.6 Å². The summed E-state index contributed by atoms with van der Waals surface area (Å²) in [6.45, 7) is 6.48. The standard InChI is InChI=1S/C24H32O4/c1-4-14-9-18-15(11-21(14)25)6-7-17-19(18)8-13(3)23-20(17)10-16(24(23)27)12-22(26)28-5-2/h9,11,13,16-17,19-20,23,25H,4-8,10,12H2,1-3H3/t13-,16?,17?,19?,20?,23?/m1/s1. The normalized spacial score (nSPS) is 33.8. The molecule has 2 saturated carbocycles. The molecule has 3 aliphatic carbocycles. The molecule has 0 aliphatic heterocycles. The highest BCUT2D eigenvalue weighted by Crippen LogP contribution is 2.57. The second kappa shape index (κ2) is 7.53. The molecular formula is C24H32O4. The van der Waals surface area contributed by atoms with Gasteiger partial charge in [0.05, 0.1) is 13.0 Å². The molecule has 0 aromatic heterocycles. The zero-order chi connectivity index (χ0) is 20.0. The molecule has 1 N–H and O–H groups in total. The van der Waals surface area contributed by atoms with E-state index in [9.17, 15) is 14.7 Å². The van der Waals surface area contributed by atoms with Gasteiger partial charge in [0.1, 0.15) is 11.5 Å². The number of phenolic OH excluding ortho intramolecular Hbond substituents is 1. The Labute approximate surface area is 167 Å². The third-order valence-electron chi connectivity index (χ3n) is 7.64. The van der Waals surface area contributed by atoms with Crippen LogP contribution in [0.2, 0.25) is 0 Å². The number of rotatable bonds is 4. The first-order valence-corrected chi connectivity index (χ1v) is 11.0. The minimum atomic E-state index is -0.235. The van der Waals surface area contributed by atoms with Crippen molar-refractivity contribution in [1.29, 1.82) is 0 Å². The summed E-state index contributed by atoms with van der Waals surface area (Å²) in [6.07, 6.45) is 5.00. The van der Waals surface area contributed by atoms with Gasteiger partial charge in [0, 0.05) is 11.8 Å². The number of Topliss-reactive ketones (excluding diaryl/α,β-unsaturated/α-hetero) is 1. The van der Waals surface area contributed by atoms with Gasteiger partial charge in [-0.15, -0.1) is 0 Å². The lowest BCUT2D eigenvalue weighted by atomic mass is 9.57.